The van der Waals surface area contributed by atoms with Crippen LogP contribution in [-0.2, 0) is 44.7 Å². The van der Waals surface area contributed by atoms with Crippen molar-refractivity contribution in [2.75, 3.05) is 17.2 Å². The van der Waals surface area contributed by atoms with Crippen molar-refractivity contribution in [3.63, 3.8) is 0 Å². The first-order valence-corrected chi connectivity index (χ1v) is 20.5. The van der Waals surface area contributed by atoms with Crippen LogP contribution in [0.1, 0.15) is 68.9 Å². The van der Waals surface area contributed by atoms with Crippen molar-refractivity contribution in [2.24, 2.45) is 10.3 Å². The second kappa shape index (κ2) is 23.4. The van der Waals surface area contributed by atoms with Gasteiger partial charge >= 0.3 is 48.1 Å². The Hall–Kier alpha value is -5.88. The monoisotopic (exact) mass is 1030 g/mol. The Balaban J connectivity index is 0.000000342. The van der Waals surface area contributed by atoms with E-state index in [4.69, 9.17) is 42.5 Å². The summed E-state index contributed by atoms with van der Waals surface area (Å²) >= 11 is 12.0. The first-order valence-electron chi connectivity index (χ1n) is 19.8. The Labute approximate surface area is 428 Å². The molecule has 3 radical (unpaired) electrons. The fraction of sp³-hybridized carbons (Fsp3) is 0.279. The van der Waals surface area contributed by atoms with E-state index in [2.05, 4.69) is 41.1 Å². The number of hydrogen-bond acceptors (Lipinski definition) is 13. The minimum absolute atomic E-state index is 0. The summed E-state index contributed by atoms with van der Waals surface area (Å²) in [6.07, 6.45) is -6.02. The Bertz CT molecular complexity index is 2830. The average Bonchev–Trinajstić information content (AvgIpc) is 4.09. The van der Waals surface area contributed by atoms with E-state index >= 15 is 0 Å². The molecule has 3 N–H and O–H groups in total. The van der Waals surface area contributed by atoms with Gasteiger partial charge in [-0.25, -0.2) is 28.1 Å². The second-order valence-electron chi connectivity index (χ2n) is 15.6. The summed E-state index contributed by atoms with van der Waals surface area (Å²) in [5, 5.41) is 31.5. The van der Waals surface area contributed by atoms with Crippen molar-refractivity contribution < 1.29 is 90.5 Å². The number of alkyl halides is 6. The average molecular weight is 1030 g/mol. The Morgan fingerprint density at radius 1 is 0.714 bits per heavy atom. The molecule has 15 nitrogen and oxygen atoms in total. The minimum atomic E-state index is -4.70. The molecule has 0 aliphatic carbocycles. The predicted octanol–water partition coefficient (Wildman–Crippen LogP) is 6.31. The van der Waals surface area contributed by atoms with Crippen LogP contribution in [0.5, 0.6) is 0 Å². The first-order chi connectivity index (χ1) is 32.0. The van der Waals surface area contributed by atoms with E-state index in [0.29, 0.717) is 28.2 Å². The fourth-order valence-corrected chi connectivity index (χ4v) is 6.86. The summed E-state index contributed by atoms with van der Waals surface area (Å²) in [4.78, 5) is 34.8. The molecule has 0 amide bonds. The number of halogens is 10. The normalized spacial score (nSPS) is 15.7. The van der Waals surface area contributed by atoms with Crippen LogP contribution < -0.4 is 40.2 Å². The van der Waals surface area contributed by atoms with Crippen LogP contribution in [0.4, 0.5) is 46.5 Å². The van der Waals surface area contributed by atoms with Crippen molar-refractivity contribution in [1.82, 2.24) is 29.5 Å². The summed E-state index contributed by atoms with van der Waals surface area (Å²) in [6, 6.07) is 16.2. The van der Waals surface area contributed by atoms with Crippen LogP contribution in [0, 0.1) is 11.6 Å². The SMILES string of the molecule is CC1(C)CC(c2cc(C(F)(F)F)n(-c3ccc(NCc4c(F)cccc4Cl)cn3)n2)=NO1.CC1(CO)CC(c2cc(C(F)(F)F)n(-c3ccc(NCc4c(F)cccc4Cl)cn3)n2)=NO1.O=C=O.[B].[H-].[Na+]. The molecule has 2 aliphatic heterocycles. The van der Waals surface area contributed by atoms with Gasteiger partial charge < -0.3 is 26.8 Å². The number of aliphatic hydroxyl groups is 1. The van der Waals surface area contributed by atoms with E-state index in [1.807, 2.05) is 0 Å². The number of nitrogens with one attached hydrogen (secondary N) is 2. The molecule has 363 valence electrons. The number of nitrogens with zero attached hydrogens (tertiary/aromatic N) is 8. The minimum Gasteiger partial charge on any atom is -1.00 e. The van der Waals surface area contributed by atoms with Crippen molar-refractivity contribution in [2.45, 2.75) is 70.3 Å². The molecule has 0 bridgehead atoms. The number of aliphatic hydroxyl groups excluding tert-OH is 1. The molecule has 0 fully saturated rings. The van der Waals surface area contributed by atoms with E-state index < -0.39 is 46.6 Å². The molecule has 8 rings (SSSR count). The Kier molecular flexibility index (Phi) is 18.9. The molecule has 1 unspecified atom stereocenters. The molecule has 0 saturated heterocycles. The summed E-state index contributed by atoms with van der Waals surface area (Å²) in [7, 11) is 0. The van der Waals surface area contributed by atoms with Gasteiger partial charge in [0.05, 0.1) is 30.4 Å². The van der Waals surface area contributed by atoms with Crippen LogP contribution in [0.15, 0.2) is 95.5 Å². The predicted molar refractivity (Wildman–Crippen MR) is 236 cm³/mol. The van der Waals surface area contributed by atoms with E-state index in [1.165, 1.54) is 60.9 Å². The summed E-state index contributed by atoms with van der Waals surface area (Å²) in [5.41, 5.74) is -1.61. The van der Waals surface area contributed by atoms with Gasteiger partial charge in [0, 0.05) is 55.5 Å². The number of oxime groups is 2. The maximum Gasteiger partial charge on any atom is 1.00 e. The van der Waals surface area contributed by atoms with Crippen molar-refractivity contribution in [3.8, 4) is 11.6 Å². The molecule has 2 aromatic carbocycles. The van der Waals surface area contributed by atoms with Crippen LogP contribution in [0.25, 0.3) is 11.6 Å². The van der Waals surface area contributed by atoms with Crippen LogP contribution in [0.2, 0.25) is 10.0 Å². The summed E-state index contributed by atoms with van der Waals surface area (Å²) < 4.78 is 111. The van der Waals surface area contributed by atoms with Gasteiger partial charge in [-0.1, -0.05) is 45.6 Å². The van der Waals surface area contributed by atoms with Gasteiger partial charge in [-0.15, -0.1) is 0 Å². The van der Waals surface area contributed by atoms with E-state index in [1.54, 1.807) is 32.9 Å². The molecule has 0 spiro atoms. The molecule has 6 heterocycles. The van der Waals surface area contributed by atoms with E-state index in [0.717, 1.165) is 16.8 Å². The molecule has 1 atom stereocenters. The zero-order chi connectivity index (χ0) is 49.6. The van der Waals surface area contributed by atoms with Gasteiger partial charge in [-0.3, -0.25) is 0 Å². The first kappa shape index (κ1) is 56.7. The second-order valence-corrected chi connectivity index (χ2v) is 16.4. The number of rotatable bonds is 11. The van der Waals surface area contributed by atoms with E-state index in [-0.39, 0.29) is 122 Å². The zero-order valence-electron chi connectivity index (χ0n) is 38.1. The smallest absolute Gasteiger partial charge is 1.00 e. The maximum atomic E-state index is 13.9. The van der Waals surface area contributed by atoms with Crippen LogP contribution in [-0.4, -0.2) is 78.4 Å². The van der Waals surface area contributed by atoms with Crippen molar-refractivity contribution in [3.05, 3.63) is 141 Å². The number of benzene rings is 2. The molecule has 27 heteroatoms. The zero-order valence-corrected chi connectivity index (χ0v) is 40.6. The topological polar surface area (TPSA) is 183 Å². The third kappa shape index (κ3) is 13.9. The van der Waals surface area contributed by atoms with Gasteiger partial charge in [0.2, 0.25) is 0 Å². The number of anilines is 2. The quantitative estimate of drug-likeness (QED) is 0.0977. The van der Waals surface area contributed by atoms with Crippen LogP contribution in [0.3, 0.4) is 0 Å². The van der Waals surface area contributed by atoms with Gasteiger partial charge in [0.25, 0.3) is 0 Å². The third-order valence-electron chi connectivity index (χ3n) is 9.83. The standard InChI is InChI=1S/C21H18ClF4N5O2.C21H18ClF4N5O.CO2.B.Na.H/c1-20(11-32)8-17(30-33-20)16-7-18(21(24,25)26)31(29-16)19-6-5-12(9-28-19)27-10-13-14(22)3-2-4-15(13)23;1-20(2)9-17(30-32-20)16-8-18(21(24,25)26)31(29-16)19-7-6-12(10-28-19)27-11-13-14(22)4-3-5-15(13)23;2-1-3;;;/h2-7,9,27,32H,8,10-11H2,1H3;3-8,10,27H,9,11H2,1-2H3;;;;/q;;;;+1;-1. The summed E-state index contributed by atoms with van der Waals surface area (Å²) in [5.74, 6) is -1.05. The van der Waals surface area contributed by atoms with Crippen molar-refractivity contribution >= 4 is 60.6 Å². The number of aromatic nitrogens is 6. The van der Waals surface area contributed by atoms with Gasteiger partial charge in [0.1, 0.15) is 40.0 Å². The maximum absolute atomic E-state index is 13.9. The molecule has 0 saturated carbocycles. The third-order valence-corrected chi connectivity index (χ3v) is 10.5. The number of pyridine rings is 2. The van der Waals surface area contributed by atoms with E-state index in [9.17, 15) is 40.2 Å². The van der Waals surface area contributed by atoms with Gasteiger partial charge in [0.15, 0.2) is 28.6 Å². The molecule has 70 heavy (non-hydrogen) atoms. The molecule has 6 aromatic rings. The van der Waals surface area contributed by atoms with Gasteiger partial charge in [-0.05, 0) is 81.4 Å². The fourth-order valence-electron chi connectivity index (χ4n) is 6.40. The Morgan fingerprint density at radius 2 is 1.13 bits per heavy atom. The molecule has 2 aliphatic rings. The Morgan fingerprint density at radius 3 is 1.46 bits per heavy atom. The number of carbonyl (C=O) groups excluding carboxylic acids is 2. The van der Waals surface area contributed by atoms with Crippen molar-refractivity contribution in [1.29, 1.82) is 0 Å². The van der Waals surface area contributed by atoms with Crippen LogP contribution >= 0.6 is 23.2 Å². The largest absolute Gasteiger partial charge is 1.00 e. The van der Waals surface area contributed by atoms with Gasteiger partial charge in [-0.2, -0.15) is 46.1 Å². The number of hydrogen-bond donors (Lipinski definition) is 3. The summed E-state index contributed by atoms with van der Waals surface area (Å²) in [6.45, 7) is 4.96. The molecular formula is C43H37BCl2F8N10NaO5. The molecule has 4 aromatic heterocycles. The molecular weight excluding hydrogens is 993 g/mol.